The van der Waals surface area contributed by atoms with Gasteiger partial charge in [-0.05, 0) is 36.5 Å². The van der Waals surface area contributed by atoms with Gasteiger partial charge in [0, 0.05) is 31.1 Å². The second-order valence-corrected chi connectivity index (χ2v) is 9.33. The summed E-state index contributed by atoms with van der Waals surface area (Å²) in [5.74, 6) is 0.817. The topological polar surface area (TPSA) is 69.6 Å². The fourth-order valence-corrected chi connectivity index (χ4v) is 5.22. The zero-order valence-corrected chi connectivity index (χ0v) is 16.1. The molecule has 2 aromatic rings. The summed E-state index contributed by atoms with van der Waals surface area (Å²) < 4.78 is 28.1. The number of nitrogens with one attached hydrogen (secondary N) is 1. The second-order valence-electron chi connectivity index (χ2n) is 7.56. The predicted octanol–water partition coefficient (Wildman–Crippen LogP) is 2.20. The summed E-state index contributed by atoms with van der Waals surface area (Å²) in [4.78, 5) is 2.58. The maximum atomic E-state index is 12.6. The van der Waals surface area contributed by atoms with Gasteiger partial charge in [0.25, 0.3) is 0 Å². The normalized spacial score (nSPS) is 25.9. The lowest BCUT2D eigenvalue weighted by Crippen LogP contribution is -2.67. The molecule has 2 N–H and O–H groups in total. The zero-order chi connectivity index (χ0) is 18.9. The molecule has 2 fully saturated rings. The lowest BCUT2D eigenvalue weighted by Gasteiger charge is -2.55. The largest absolute Gasteiger partial charge is 0.395 e. The number of hydrogen-bond donors (Lipinski definition) is 2. The molecule has 1 saturated heterocycles. The molecule has 4 rings (SSSR count). The zero-order valence-electron chi connectivity index (χ0n) is 15.2. The Morgan fingerprint density at radius 1 is 0.963 bits per heavy atom. The van der Waals surface area contributed by atoms with Crippen molar-refractivity contribution in [2.45, 2.75) is 35.7 Å². The van der Waals surface area contributed by atoms with E-state index in [1.807, 2.05) is 18.2 Å². The first-order valence-electron chi connectivity index (χ1n) is 9.56. The van der Waals surface area contributed by atoms with Gasteiger partial charge in [-0.1, -0.05) is 48.5 Å². The van der Waals surface area contributed by atoms with Gasteiger partial charge in [-0.25, -0.2) is 13.1 Å². The van der Waals surface area contributed by atoms with E-state index in [-0.39, 0.29) is 29.5 Å². The molecule has 0 amide bonds. The Labute approximate surface area is 161 Å². The highest BCUT2D eigenvalue weighted by Crippen LogP contribution is 2.43. The van der Waals surface area contributed by atoms with Gasteiger partial charge in [-0.2, -0.15) is 0 Å². The molecule has 3 atom stereocenters. The number of likely N-dealkylation sites (tertiary alicyclic amines) is 1. The molecule has 144 valence electrons. The third-order valence-electron chi connectivity index (χ3n) is 5.75. The molecule has 1 aliphatic carbocycles. The van der Waals surface area contributed by atoms with Gasteiger partial charge in [-0.3, -0.25) is 4.90 Å². The number of aliphatic hydroxyl groups excluding tert-OH is 1. The van der Waals surface area contributed by atoms with Crippen LogP contribution in [0.15, 0.2) is 65.6 Å². The summed E-state index contributed by atoms with van der Waals surface area (Å²) in [6.45, 7) is 1.38. The van der Waals surface area contributed by atoms with Gasteiger partial charge in [0.2, 0.25) is 10.0 Å². The summed E-state index contributed by atoms with van der Waals surface area (Å²) in [5, 5.41) is 9.97. The summed E-state index contributed by atoms with van der Waals surface area (Å²) in [5.41, 5.74) is 1.16. The molecular formula is C21H26N2O3S. The molecule has 6 heteroatoms. The molecule has 0 spiro atoms. The van der Waals surface area contributed by atoms with E-state index in [1.54, 1.807) is 30.3 Å². The minimum Gasteiger partial charge on any atom is -0.395 e. The van der Waals surface area contributed by atoms with Crippen LogP contribution in [-0.4, -0.2) is 50.2 Å². The van der Waals surface area contributed by atoms with Crippen LogP contribution in [0.25, 0.3) is 0 Å². The van der Waals surface area contributed by atoms with Gasteiger partial charge in [0.15, 0.2) is 0 Å². The Morgan fingerprint density at radius 3 is 2.19 bits per heavy atom. The van der Waals surface area contributed by atoms with Crippen LogP contribution in [0, 0.1) is 5.92 Å². The van der Waals surface area contributed by atoms with Crippen LogP contribution in [-0.2, 0) is 10.0 Å². The van der Waals surface area contributed by atoms with Gasteiger partial charge < -0.3 is 5.11 Å². The summed E-state index contributed by atoms with van der Waals surface area (Å²) in [6.07, 6.45) is 2.46. The van der Waals surface area contributed by atoms with Crippen molar-refractivity contribution in [2.24, 2.45) is 5.92 Å². The molecule has 1 saturated carbocycles. The van der Waals surface area contributed by atoms with Gasteiger partial charge in [0.1, 0.15) is 0 Å². The number of rotatable bonds is 8. The number of sulfonamides is 1. The Kier molecular flexibility index (Phi) is 5.32. The highest BCUT2D eigenvalue weighted by Gasteiger charge is 2.49. The fraction of sp³-hybridized carbons (Fsp3) is 0.429. The molecular weight excluding hydrogens is 360 g/mol. The molecule has 0 unspecified atom stereocenters. The van der Waals surface area contributed by atoms with Crippen LogP contribution in [0.2, 0.25) is 0 Å². The smallest absolute Gasteiger partial charge is 0.240 e. The van der Waals surface area contributed by atoms with Crippen LogP contribution in [0.4, 0.5) is 0 Å². The van der Waals surface area contributed by atoms with E-state index in [0.717, 1.165) is 12.1 Å². The van der Waals surface area contributed by atoms with E-state index < -0.39 is 10.0 Å². The number of nitrogens with zero attached hydrogens (tertiary/aromatic N) is 1. The van der Waals surface area contributed by atoms with Crippen LogP contribution in [0.5, 0.6) is 0 Å². The van der Waals surface area contributed by atoms with Crippen molar-refractivity contribution in [3.05, 3.63) is 66.2 Å². The van der Waals surface area contributed by atoms with E-state index in [2.05, 4.69) is 21.8 Å². The molecule has 2 aliphatic rings. The lowest BCUT2D eigenvalue weighted by atomic mass is 9.75. The van der Waals surface area contributed by atoms with Crippen LogP contribution in [0.3, 0.4) is 0 Å². The molecule has 2 aromatic carbocycles. The molecule has 0 aromatic heterocycles. The van der Waals surface area contributed by atoms with Crippen molar-refractivity contribution < 1.29 is 13.5 Å². The number of aliphatic hydroxyl groups is 1. The lowest BCUT2D eigenvalue weighted by molar-refractivity contribution is -0.0432. The first kappa shape index (κ1) is 18.6. The van der Waals surface area contributed by atoms with Crippen molar-refractivity contribution in [3.8, 4) is 0 Å². The summed E-state index contributed by atoms with van der Waals surface area (Å²) >= 11 is 0. The SMILES string of the molecule is O=S(=O)(NC[C@@H]1[C@@H](c2ccccc2)[C@@H](CO)N1CC1CC1)c1ccccc1. The number of hydrogen-bond acceptors (Lipinski definition) is 4. The van der Waals surface area contributed by atoms with Crippen molar-refractivity contribution in [3.63, 3.8) is 0 Å². The third kappa shape index (κ3) is 3.94. The first-order valence-corrected chi connectivity index (χ1v) is 11.0. The Bertz CT molecular complexity index is 854. The van der Waals surface area contributed by atoms with Crippen LogP contribution >= 0.6 is 0 Å². The van der Waals surface area contributed by atoms with Gasteiger partial charge in [-0.15, -0.1) is 0 Å². The summed E-state index contributed by atoms with van der Waals surface area (Å²) in [6, 6.07) is 18.7. The molecule has 1 heterocycles. The van der Waals surface area contributed by atoms with Crippen molar-refractivity contribution in [1.82, 2.24) is 9.62 Å². The molecule has 5 nitrogen and oxygen atoms in total. The van der Waals surface area contributed by atoms with Gasteiger partial charge in [0.05, 0.1) is 11.5 Å². The average molecular weight is 387 g/mol. The first-order chi connectivity index (χ1) is 13.1. The average Bonchev–Trinajstić information content (AvgIpc) is 3.51. The monoisotopic (exact) mass is 386 g/mol. The highest BCUT2D eigenvalue weighted by molar-refractivity contribution is 7.89. The van der Waals surface area contributed by atoms with E-state index in [0.29, 0.717) is 12.5 Å². The molecule has 1 aliphatic heterocycles. The fourth-order valence-electron chi connectivity index (χ4n) is 4.14. The Hall–Kier alpha value is -1.73. The standard InChI is InChI=1S/C21H26N2O3S/c24-15-20-21(17-7-3-1-4-8-17)19(23(20)14-16-11-12-16)13-22-27(25,26)18-9-5-2-6-10-18/h1-10,16,19-22,24H,11-15H2/t19-,20-,21-/m1/s1. The van der Waals surface area contributed by atoms with E-state index in [9.17, 15) is 13.5 Å². The maximum Gasteiger partial charge on any atom is 0.240 e. The van der Waals surface area contributed by atoms with Gasteiger partial charge >= 0.3 is 0 Å². The third-order valence-corrected chi connectivity index (χ3v) is 7.19. The van der Waals surface area contributed by atoms with Crippen molar-refractivity contribution >= 4 is 10.0 Å². The highest BCUT2D eigenvalue weighted by atomic mass is 32.2. The Balaban J connectivity index is 1.53. The second kappa shape index (κ2) is 7.72. The number of benzene rings is 2. The maximum absolute atomic E-state index is 12.6. The van der Waals surface area contributed by atoms with Crippen molar-refractivity contribution in [2.75, 3.05) is 19.7 Å². The van der Waals surface area contributed by atoms with E-state index in [1.165, 1.54) is 12.8 Å². The predicted molar refractivity (Wildman–Crippen MR) is 105 cm³/mol. The minimum atomic E-state index is -3.54. The minimum absolute atomic E-state index is 0.0548. The summed E-state index contributed by atoms with van der Waals surface area (Å²) in [7, 11) is -3.54. The Morgan fingerprint density at radius 2 is 1.59 bits per heavy atom. The molecule has 0 bridgehead atoms. The van der Waals surface area contributed by atoms with E-state index >= 15 is 0 Å². The quantitative estimate of drug-likeness (QED) is 0.730. The van der Waals surface area contributed by atoms with Crippen LogP contribution < -0.4 is 4.72 Å². The van der Waals surface area contributed by atoms with Crippen LogP contribution in [0.1, 0.15) is 24.3 Å². The molecule has 0 radical (unpaired) electrons. The van der Waals surface area contributed by atoms with Crippen molar-refractivity contribution in [1.29, 1.82) is 0 Å². The molecule has 27 heavy (non-hydrogen) atoms. The van der Waals surface area contributed by atoms with E-state index in [4.69, 9.17) is 0 Å².